The van der Waals surface area contributed by atoms with Crippen LogP contribution in [0.3, 0.4) is 0 Å². The molecule has 110 valence electrons. The number of hydrogen-bond acceptors (Lipinski definition) is 4. The Morgan fingerprint density at radius 2 is 1.45 bits per heavy atom. The molecular weight excluding hydrogens is 272 g/mol. The Balaban J connectivity index is 1.67. The first kappa shape index (κ1) is 13.3. The zero-order valence-corrected chi connectivity index (χ0v) is 12.4. The van der Waals surface area contributed by atoms with Crippen LogP contribution >= 0.6 is 0 Å². The van der Waals surface area contributed by atoms with Gasteiger partial charge >= 0.3 is 0 Å². The summed E-state index contributed by atoms with van der Waals surface area (Å²) in [6, 6.07) is 14.2. The van der Waals surface area contributed by atoms with Crippen molar-refractivity contribution in [3.63, 3.8) is 0 Å². The number of fused-ring (bicyclic) bond motifs is 2. The highest BCUT2D eigenvalue weighted by Crippen LogP contribution is 2.24. The summed E-state index contributed by atoms with van der Waals surface area (Å²) in [7, 11) is 0. The molecule has 0 unspecified atom stereocenters. The van der Waals surface area contributed by atoms with Gasteiger partial charge in [0.15, 0.2) is 0 Å². The highest BCUT2D eigenvalue weighted by Gasteiger charge is 2.11. The van der Waals surface area contributed by atoms with Crippen LogP contribution in [0.5, 0.6) is 0 Å². The van der Waals surface area contributed by atoms with Crippen molar-refractivity contribution in [2.24, 2.45) is 10.2 Å². The smallest absolute Gasteiger partial charge is 0.0916 e. The van der Waals surface area contributed by atoms with Gasteiger partial charge < -0.3 is 0 Å². The van der Waals surface area contributed by atoms with Crippen molar-refractivity contribution in [1.82, 2.24) is 9.97 Å². The first-order valence-corrected chi connectivity index (χ1v) is 7.96. The molecule has 1 aromatic heterocycles. The Kier molecular flexibility index (Phi) is 3.51. The van der Waals surface area contributed by atoms with E-state index in [0.717, 1.165) is 27.8 Å². The van der Waals surface area contributed by atoms with Crippen LogP contribution in [0.1, 0.15) is 32.1 Å². The van der Waals surface area contributed by atoms with Crippen LogP contribution in [0.4, 0.5) is 5.69 Å². The molecule has 1 aliphatic carbocycles. The predicted molar refractivity (Wildman–Crippen MR) is 88.4 cm³/mol. The van der Waals surface area contributed by atoms with Crippen LogP contribution < -0.4 is 0 Å². The first-order chi connectivity index (χ1) is 10.9. The maximum Gasteiger partial charge on any atom is 0.0916 e. The van der Waals surface area contributed by atoms with Gasteiger partial charge in [-0.1, -0.05) is 31.4 Å². The standard InChI is InChI=1S/C18H18N4/c1-2-6-13(7-3-1)21-22-14-10-11-17-18(12-14)20-16-9-5-4-8-15(16)19-17/h4-5,8-13H,1-3,6-7H2. The molecule has 0 N–H and O–H groups in total. The van der Waals surface area contributed by atoms with E-state index in [0.29, 0.717) is 6.04 Å². The fourth-order valence-electron chi connectivity index (χ4n) is 3.02. The topological polar surface area (TPSA) is 50.5 Å². The molecule has 1 aliphatic rings. The van der Waals surface area contributed by atoms with E-state index in [1.165, 1.54) is 32.1 Å². The van der Waals surface area contributed by atoms with Crippen molar-refractivity contribution >= 4 is 27.8 Å². The largest absolute Gasteiger partial charge is 0.245 e. The predicted octanol–water partition coefficient (Wildman–Crippen LogP) is 5.20. The molecule has 0 atom stereocenters. The average Bonchev–Trinajstić information content (AvgIpc) is 2.59. The molecule has 1 heterocycles. The van der Waals surface area contributed by atoms with Gasteiger partial charge in [-0.3, -0.25) is 0 Å². The number of azo groups is 1. The van der Waals surface area contributed by atoms with E-state index in [2.05, 4.69) is 20.2 Å². The van der Waals surface area contributed by atoms with Crippen LogP contribution in [0.25, 0.3) is 22.1 Å². The maximum atomic E-state index is 4.67. The van der Waals surface area contributed by atoms with Crippen molar-refractivity contribution in [1.29, 1.82) is 0 Å². The average molecular weight is 290 g/mol. The van der Waals surface area contributed by atoms with Gasteiger partial charge in [-0.25, -0.2) is 9.97 Å². The molecule has 22 heavy (non-hydrogen) atoms. The number of para-hydroxylation sites is 2. The summed E-state index contributed by atoms with van der Waals surface area (Å²) in [6.07, 6.45) is 6.23. The zero-order valence-electron chi connectivity index (χ0n) is 12.4. The monoisotopic (exact) mass is 290 g/mol. The number of benzene rings is 2. The summed E-state index contributed by atoms with van der Waals surface area (Å²) in [5.74, 6) is 0. The molecule has 1 saturated carbocycles. The first-order valence-electron chi connectivity index (χ1n) is 7.96. The lowest BCUT2D eigenvalue weighted by molar-refractivity contribution is 0.432. The fraction of sp³-hybridized carbons (Fsp3) is 0.333. The van der Waals surface area contributed by atoms with E-state index >= 15 is 0 Å². The number of rotatable bonds is 2. The molecule has 1 fully saturated rings. The Hall–Kier alpha value is -2.36. The molecule has 0 spiro atoms. The quantitative estimate of drug-likeness (QED) is 0.481. The molecule has 4 rings (SSSR count). The van der Waals surface area contributed by atoms with Crippen LogP contribution in [-0.2, 0) is 0 Å². The van der Waals surface area contributed by atoms with E-state index in [-0.39, 0.29) is 0 Å². The maximum absolute atomic E-state index is 4.67. The number of hydrogen-bond donors (Lipinski definition) is 0. The molecule has 0 saturated heterocycles. The van der Waals surface area contributed by atoms with Gasteiger partial charge in [0.1, 0.15) is 0 Å². The molecule has 0 bridgehead atoms. The van der Waals surface area contributed by atoms with Gasteiger partial charge in [0.05, 0.1) is 33.8 Å². The van der Waals surface area contributed by atoms with Gasteiger partial charge in [-0.05, 0) is 43.2 Å². The Labute approximate surface area is 129 Å². The van der Waals surface area contributed by atoms with Crippen molar-refractivity contribution in [2.45, 2.75) is 38.1 Å². The molecule has 3 aromatic rings. The Morgan fingerprint density at radius 1 is 0.773 bits per heavy atom. The van der Waals surface area contributed by atoms with Gasteiger partial charge in [0, 0.05) is 0 Å². The zero-order chi connectivity index (χ0) is 14.8. The lowest BCUT2D eigenvalue weighted by Crippen LogP contribution is -2.08. The summed E-state index contributed by atoms with van der Waals surface area (Å²) < 4.78 is 0. The van der Waals surface area contributed by atoms with E-state index in [1.54, 1.807) is 0 Å². The molecule has 2 aromatic carbocycles. The minimum absolute atomic E-state index is 0.395. The van der Waals surface area contributed by atoms with Crippen molar-refractivity contribution in [3.8, 4) is 0 Å². The van der Waals surface area contributed by atoms with Crippen molar-refractivity contribution in [2.75, 3.05) is 0 Å². The summed E-state index contributed by atoms with van der Waals surface area (Å²) in [6.45, 7) is 0. The minimum Gasteiger partial charge on any atom is -0.245 e. The summed E-state index contributed by atoms with van der Waals surface area (Å²) >= 11 is 0. The van der Waals surface area contributed by atoms with Gasteiger partial charge in [-0.2, -0.15) is 10.2 Å². The second-order valence-corrected chi connectivity index (χ2v) is 5.89. The highest BCUT2D eigenvalue weighted by molar-refractivity contribution is 5.87. The lowest BCUT2D eigenvalue weighted by atomic mass is 9.96. The van der Waals surface area contributed by atoms with Crippen LogP contribution in [0.2, 0.25) is 0 Å². The van der Waals surface area contributed by atoms with E-state index in [9.17, 15) is 0 Å². The summed E-state index contributed by atoms with van der Waals surface area (Å²) in [4.78, 5) is 9.30. The van der Waals surface area contributed by atoms with Crippen LogP contribution in [-0.4, -0.2) is 16.0 Å². The summed E-state index contributed by atoms with van der Waals surface area (Å²) in [5.41, 5.74) is 4.47. The Morgan fingerprint density at radius 3 is 2.23 bits per heavy atom. The van der Waals surface area contributed by atoms with Crippen LogP contribution in [0, 0.1) is 0 Å². The van der Waals surface area contributed by atoms with E-state index in [4.69, 9.17) is 0 Å². The second-order valence-electron chi connectivity index (χ2n) is 5.89. The summed E-state index contributed by atoms with van der Waals surface area (Å²) in [5, 5.41) is 8.92. The third kappa shape index (κ3) is 2.69. The van der Waals surface area contributed by atoms with E-state index < -0.39 is 0 Å². The van der Waals surface area contributed by atoms with Crippen molar-refractivity contribution in [3.05, 3.63) is 42.5 Å². The molecule has 0 aliphatic heterocycles. The van der Waals surface area contributed by atoms with Crippen LogP contribution in [0.15, 0.2) is 52.7 Å². The van der Waals surface area contributed by atoms with E-state index in [1.807, 2.05) is 42.5 Å². The highest BCUT2D eigenvalue weighted by atomic mass is 15.1. The minimum atomic E-state index is 0.395. The van der Waals surface area contributed by atoms with Crippen molar-refractivity contribution < 1.29 is 0 Å². The third-order valence-corrected chi connectivity index (χ3v) is 4.23. The third-order valence-electron chi connectivity index (χ3n) is 4.23. The van der Waals surface area contributed by atoms with Gasteiger partial charge in [-0.15, -0.1) is 0 Å². The van der Waals surface area contributed by atoms with Gasteiger partial charge in [0.2, 0.25) is 0 Å². The lowest BCUT2D eigenvalue weighted by Gasteiger charge is -2.15. The molecule has 0 amide bonds. The number of nitrogens with zero attached hydrogens (tertiary/aromatic N) is 4. The van der Waals surface area contributed by atoms with Gasteiger partial charge in [0.25, 0.3) is 0 Å². The number of aromatic nitrogens is 2. The molecule has 0 radical (unpaired) electrons. The molecule has 4 nitrogen and oxygen atoms in total. The second kappa shape index (κ2) is 5.79. The fourth-order valence-corrected chi connectivity index (χ4v) is 3.02. The molecule has 4 heteroatoms. The normalized spacial score (nSPS) is 16.7. The molecular formula is C18H18N4. The Bertz CT molecular complexity index is 835. The SMILES string of the molecule is c1ccc2nc3cc(N=NC4CCCCC4)ccc3nc2c1.